The summed E-state index contributed by atoms with van der Waals surface area (Å²) >= 11 is 0. The summed E-state index contributed by atoms with van der Waals surface area (Å²) in [7, 11) is 0. The normalized spacial score (nSPS) is 16.3. The van der Waals surface area contributed by atoms with Crippen LogP contribution in [0.4, 0.5) is 0 Å². The van der Waals surface area contributed by atoms with Crippen LogP contribution in [0, 0.1) is 0 Å². The zero-order valence-corrected chi connectivity index (χ0v) is 18.4. The van der Waals surface area contributed by atoms with Crippen LogP contribution < -0.4 is 0 Å². The highest BCUT2D eigenvalue weighted by molar-refractivity contribution is 5.53. The molecule has 0 saturated heterocycles. The van der Waals surface area contributed by atoms with Crippen LogP contribution in [-0.4, -0.2) is 56.6 Å². The van der Waals surface area contributed by atoms with Gasteiger partial charge in [-0.05, 0) is 29.7 Å². The van der Waals surface area contributed by atoms with Gasteiger partial charge in [0.15, 0.2) is 0 Å². The molecule has 0 aliphatic carbocycles. The molecule has 5 N–H and O–H groups in total. The van der Waals surface area contributed by atoms with Crippen LogP contribution in [0.5, 0.6) is 0 Å². The Morgan fingerprint density at radius 1 is 0.750 bits per heavy atom. The van der Waals surface area contributed by atoms with Crippen LogP contribution >= 0.6 is 0 Å². The van der Waals surface area contributed by atoms with Gasteiger partial charge in [0, 0.05) is 0 Å². The first-order chi connectivity index (χ1) is 15.4. The molecule has 0 unspecified atom stereocenters. The number of hydrogen-bond donors (Lipinski definition) is 5. The Morgan fingerprint density at radius 3 is 1.84 bits per heavy atom. The molecule has 0 aromatic heterocycles. The van der Waals surface area contributed by atoms with E-state index in [2.05, 4.69) is 6.92 Å². The lowest BCUT2D eigenvalue weighted by atomic mass is 9.98. The first kappa shape index (κ1) is 25.6. The number of benzene rings is 2. The van der Waals surface area contributed by atoms with Gasteiger partial charge in [-0.15, -0.1) is 0 Å². The van der Waals surface area contributed by atoms with E-state index in [0.717, 1.165) is 31.2 Å². The van der Waals surface area contributed by atoms with Crippen LogP contribution in [0.2, 0.25) is 0 Å². The van der Waals surface area contributed by atoms with Gasteiger partial charge in [-0.1, -0.05) is 86.8 Å². The van der Waals surface area contributed by atoms with Crippen LogP contribution in [0.25, 0.3) is 12.2 Å². The van der Waals surface area contributed by atoms with E-state index in [9.17, 15) is 25.5 Å². The number of hydrogen-bond acceptors (Lipinski definition) is 6. The average Bonchev–Trinajstić information content (AvgIpc) is 2.82. The zero-order chi connectivity index (χ0) is 23.3. The summed E-state index contributed by atoms with van der Waals surface area (Å²) < 4.78 is 5.74. The average molecular weight is 443 g/mol. The summed E-state index contributed by atoms with van der Waals surface area (Å²) in [4.78, 5) is 0. The molecule has 0 saturated carbocycles. The van der Waals surface area contributed by atoms with Crippen molar-refractivity contribution in [3.05, 3.63) is 83.3 Å². The summed E-state index contributed by atoms with van der Waals surface area (Å²) in [5.41, 5.74) is 1.37. The zero-order valence-electron chi connectivity index (χ0n) is 18.4. The van der Waals surface area contributed by atoms with Gasteiger partial charge in [0.05, 0.1) is 6.61 Å². The Kier molecular flexibility index (Phi) is 11.0. The van der Waals surface area contributed by atoms with E-state index in [1.54, 1.807) is 30.3 Å². The highest BCUT2D eigenvalue weighted by Crippen LogP contribution is 2.20. The molecule has 0 aliphatic rings. The number of ether oxygens (including phenoxy) is 1. The van der Waals surface area contributed by atoms with E-state index in [-0.39, 0.29) is 5.76 Å². The molecular formula is C26H34O6. The lowest BCUT2D eigenvalue weighted by Crippen LogP contribution is -2.46. The van der Waals surface area contributed by atoms with Crippen molar-refractivity contribution in [1.29, 1.82) is 0 Å². The fraction of sp³-hybridized carbons (Fsp3) is 0.385. The van der Waals surface area contributed by atoms with Gasteiger partial charge >= 0.3 is 0 Å². The third-order valence-electron chi connectivity index (χ3n) is 5.08. The van der Waals surface area contributed by atoms with Crippen molar-refractivity contribution in [2.24, 2.45) is 0 Å². The SMILES string of the molecule is CCCCCCOC(=Cc1ccccc1)[C@H](O)[C@@H](O)[C@H](O)[C@H](O)C(O)=Cc1ccccc1. The lowest BCUT2D eigenvalue weighted by molar-refractivity contribution is -0.103. The number of aliphatic hydroxyl groups excluding tert-OH is 5. The molecule has 2 aromatic carbocycles. The van der Waals surface area contributed by atoms with Gasteiger partial charge in [-0.2, -0.15) is 0 Å². The highest BCUT2D eigenvalue weighted by atomic mass is 16.5. The first-order valence-corrected chi connectivity index (χ1v) is 11.0. The minimum absolute atomic E-state index is 0.0815. The van der Waals surface area contributed by atoms with E-state index < -0.39 is 30.2 Å². The number of rotatable bonds is 13. The van der Waals surface area contributed by atoms with Crippen LogP contribution in [-0.2, 0) is 4.74 Å². The molecule has 0 fully saturated rings. The van der Waals surface area contributed by atoms with Crippen molar-refractivity contribution < 1.29 is 30.3 Å². The second kappa shape index (κ2) is 13.7. The second-order valence-corrected chi connectivity index (χ2v) is 7.72. The van der Waals surface area contributed by atoms with Gasteiger partial charge in [-0.25, -0.2) is 0 Å². The molecule has 6 nitrogen and oxygen atoms in total. The Bertz CT molecular complexity index is 834. The molecule has 4 atom stereocenters. The van der Waals surface area contributed by atoms with Crippen molar-refractivity contribution in [1.82, 2.24) is 0 Å². The molecule has 174 valence electrons. The van der Waals surface area contributed by atoms with Crippen molar-refractivity contribution in [3.63, 3.8) is 0 Å². The lowest BCUT2D eigenvalue weighted by Gasteiger charge is -2.27. The first-order valence-electron chi connectivity index (χ1n) is 11.0. The molecule has 2 rings (SSSR count). The number of unbranched alkanes of at least 4 members (excludes halogenated alkanes) is 3. The van der Waals surface area contributed by atoms with E-state index in [0.29, 0.717) is 12.2 Å². The second-order valence-electron chi connectivity index (χ2n) is 7.72. The molecule has 0 spiro atoms. The maximum Gasteiger partial charge on any atom is 0.139 e. The third-order valence-corrected chi connectivity index (χ3v) is 5.08. The molecule has 6 heteroatoms. The van der Waals surface area contributed by atoms with E-state index in [1.165, 1.54) is 6.08 Å². The molecule has 0 heterocycles. The van der Waals surface area contributed by atoms with Crippen molar-refractivity contribution >= 4 is 12.2 Å². The maximum atomic E-state index is 10.7. The summed E-state index contributed by atoms with van der Waals surface area (Å²) in [6, 6.07) is 17.9. The predicted octanol–water partition coefficient (Wildman–Crippen LogP) is 3.67. The largest absolute Gasteiger partial charge is 0.509 e. The molecule has 2 aromatic rings. The Hall–Kier alpha value is -2.64. The number of aliphatic hydroxyl groups is 5. The molecule has 32 heavy (non-hydrogen) atoms. The van der Waals surface area contributed by atoms with Crippen LogP contribution in [0.3, 0.4) is 0 Å². The summed E-state index contributed by atoms with van der Waals surface area (Å²) in [6.07, 6.45) is -0.220. The van der Waals surface area contributed by atoms with Gasteiger partial charge in [0.25, 0.3) is 0 Å². The molecular weight excluding hydrogens is 408 g/mol. The van der Waals surface area contributed by atoms with Crippen molar-refractivity contribution in [3.8, 4) is 0 Å². The highest BCUT2D eigenvalue weighted by Gasteiger charge is 2.35. The van der Waals surface area contributed by atoms with Gasteiger partial charge < -0.3 is 30.3 Å². The third kappa shape index (κ3) is 8.13. The predicted molar refractivity (Wildman–Crippen MR) is 126 cm³/mol. The summed E-state index contributed by atoms with van der Waals surface area (Å²) in [6.45, 7) is 2.45. The van der Waals surface area contributed by atoms with Crippen molar-refractivity contribution in [2.45, 2.75) is 57.0 Å². The van der Waals surface area contributed by atoms with E-state index >= 15 is 0 Å². The monoisotopic (exact) mass is 442 g/mol. The quantitative estimate of drug-likeness (QED) is 0.239. The van der Waals surface area contributed by atoms with Crippen LogP contribution in [0.15, 0.2) is 72.2 Å². The summed E-state index contributed by atoms with van der Waals surface area (Å²) in [5.74, 6) is -0.443. The van der Waals surface area contributed by atoms with E-state index in [4.69, 9.17) is 4.74 Å². The van der Waals surface area contributed by atoms with E-state index in [1.807, 2.05) is 36.4 Å². The van der Waals surface area contributed by atoms with Gasteiger partial charge in [0.1, 0.15) is 35.9 Å². The topological polar surface area (TPSA) is 110 Å². The smallest absolute Gasteiger partial charge is 0.139 e. The van der Waals surface area contributed by atoms with Crippen LogP contribution in [0.1, 0.15) is 43.7 Å². The Balaban J connectivity index is 2.12. The Labute approximate surface area is 189 Å². The minimum atomic E-state index is -1.84. The fourth-order valence-corrected chi connectivity index (χ4v) is 3.17. The minimum Gasteiger partial charge on any atom is -0.509 e. The standard InChI is InChI=1S/C26H34O6/c1-2-3-4-11-16-32-22(18-20-14-9-6-10-15-20)24(29)26(31)25(30)23(28)21(27)17-19-12-7-5-8-13-19/h5-10,12-15,17-18,23-31H,2-4,11,16H2,1H3/t23-,24+,25-,26-/m1/s1. The van der Waals surface area contributed by atoms with Gasteiger partial charge in [-0.3, -0.25) is 0 Å². The molecule has 0 amide bonds. The maximum absolute atomic E-state index is 10.7. The van der Waals surface area contributed by atoms with Crippen molar-refractivity contribution in [2.75, 3.05) is 6.61 Å². The molecule has 0 radical (unpaired) electrons. The summed E-state index contributed by atoms with van der Waals surface area (Å²) in [5, 5.41) is 52.2. The van der Waals surface area contributed by atoms with Gasteiger partial charge in [0.2, 0.25) is 0 Å². The molecule has 0 aliphatic heterocycles. The Morgan fingerprint density at radius 2 is 1.28 bits per heavy atom. The fourth-order valence-electron chi connectivity index (χ4n) is 3.17. The molecule has 0 bridgehead atoms.